The average molecular weight is 332 g/mol. The minimum atomic E-state index is 0.0537. The van der Waals surface area contributed by atoms with Gasteiger partial charge in [0.25, 0.3) is 0 Å². The van der Waals surface area contributed by atoms with Crippen molar-refractivity contribution in [2.75, 3.05) is 0 Å². The molecule has 0 aromatic heterocycles. The Morgan fingerprint density at radius 1 is 1.08 bits per heavy atom. The maximum atomic E-state index is 12.4. The van der Waals surface area contributed by atoms with Gasteiger partial charge < -0.3 is 4.74 Å². The van der Waals surface area contributed by atoms with E-state index in [0.29, 0.717) is 5.92 Å². The van der Waals surface area contributed by atoms with E-state index >= 15 is 0 Å². The van der Waals surface area contributed by atoms with Crippen molar-refractivity contribution in [2.45, 2.75) is 90.1 Å². The number of carbonyl (C=O) groups is 1. The zero-order chi connectivity index (χ0) is 17.2. The van der Waals surface area contributed by atoms with Crippen LogP contribution in [0.3, 0.4) is 0 Å². The number of hydrogen-bond donors (Lipinski definition) is 0. The maximum absolute atomic E-state index is 12.4. The molecule has 24 heavy (non-hydrogen) atoms. The number of hydrogen-bond acceptors (Lipinski definition) is 3. The molecule has 0 bridgehead atoms. The Kier molecular flexibility index (Phi) is 8.36. The Bertz CT molecular complexity index is 435. The van der Waals surface area contributed by atoms with Gasteiger partial charge >= 0.3 is 5.97 Å². The number of allylic oxidation sites excluding steroid dienone is 2. The first-order valence-electron chi connectivity index (χ1n) is 9.99. The lowest BCUT2D eigenvalue weighted by atomic mass is 9.79. The van der Waals surface area contributed by atoms with E-state index in [1.165, 1.54) is 38.5 Å². The van der Waals surface area contributed by atoms with Gasteiger partial charge in [-0.05, 0) is 63.2 Å². The Balaban J connectivity index is 1.64. The molecule has 0 radical (unpaired) electrons. The molecule has 0 saturated heterocycles. The van der Waals surface area contributed by atoms with Crippen LogP contribution in [0, 0.1) is 29.1 Å². The van der Waals surface area contributed by atoms with Crippen LogP contribution < -0.4 is 0 Å². The molecular formula is C21H33NO2. The van der Waals surface area contributed by atoms with Gasteiger partial charge in [0.1, 0.15) is 6.10 Å². The Morgan fingerprint density at radius 2 is 1.79 bits per heavy atom. The lowest BCUT2D eigenvalue weighted by Gasteiger charge is -2.31. The van der Waals surface area contributed by atoms with Crippen LogP contribution in [0.4, 0.5) is 0 Å². The molecule has 0 spiro atoms. The van der Waals surface area contributed by atoms with Gasteiger partial charge in [-0.2, -0.15) is 5.26 Å². The summed E-state index contributed by atoms with van der Waals surface area (Å²) in [5.74, 6) is 1.52. The van der Waals surface area contributed by atoms with E-state index in [1.54, 1.807) is 6.08 Å². The summed E-state index contributed by atoms with van der Waals surface area (Å²) in [6.45, 7) is 2.25. The SMILES string of the molecule is CCCCC[C@H]1CC[C@H](C(=O)O[C@H]2CC[C@H](C=CC#N)CC2)CC1. The van der Waals surface area contributed by atoms with E-state index in [2.05, 4.69) is 13.0 Å². The number of unbranched alkanes of at least 4 members (excludes halogenated alkanes) is 2. The number of nitrogens with zero attached hydrogens (tertiary/aromatic N) is 1. The lowest BCUT2D eigenvalue weighted by molar-refractivity contribution is -0.157. The number of ether oxygens (including phenoxy) is 1. The molecule has 3 nitrogen and oxygen atoms in total. The van der Waals surface area contributed by atoms with Crippen molar-refractivity contribution >= 4 is 5.97 Å². The first-order chi connectivity index (χ1) is 11.7. The van der Waals surface area contributed by atoms with Crippen molar-refractivity contribution in [1.29, 1.82) is 5.26 Å². The van der Waals surface area contributed by atoms with Gasteiger partial charge in [-0.1, -0.05) is 38.7 Å². The molecule has 134 valence electrons. The summed E-state index contributed by atoms with van der Waals surface area (Å²) in [5, 5.41) is 8.58. The van der Waals surface area contributed by atoms with Crippen LogP contribution in [0.25, 0.3) is 0 Å². The number of carbonyl (C=O) groups excluding carboxylic acids is 1. The lowest BCUT2D eigenvalue weighted by Crippen LogP contribution is -2.29. The standard InChI is InChI=1S/C21H33NO2/c1-2-3-4-6-17-8-12-19(13-9-17)21(23)24-20-14-10-18(11-15-20)7-5-16-22/h5,7,17-20H,2-4,6,8-15H2,1H3/t17-,18-,19-,20-. The molecule has 0 atom stereocenters. The number of esters is 1. The van der Waals surface area contributed by atoms with Crippen molar-refractivity contribution in [3.05, 3.63) is 12.2 Å². The van der Waals surface area contributed by atoms with E-state index in [0.717, 1.165) is 44.4 Å². The Morgan fingerprint density at radius 3 is 2.42 bits per heavy atom. The zero-order valence-corrected chi connectivity index (χ0v) is 15.2. The fourth-order valence-electron chi connectivity index (χ4n) is 4.21. The fraction of sp³-hybridized carbons (Fsp3) is 0.810. The van der Waals surface area contributed by atoms with Crippen molar-refractivity contribution in [2.24, 2.45) is 17.8 Å². The molecule has 2 saturated carbocycles. The molecule has 0 heterocycles. The highest BCUT2D eigenvalue weighted by molar-refractivity contribution is 5.72. The quantitative estimate of drug-likeness (QED) is 0.349. The van der Waals surface area contributed by atoms with Crippen LogP contribution in [-0.4, -0.2) is 12.1 Å². The molecule has 2 aliphatic carbocycles. The minimum absolute atomic E-state index is 0.0537. The second kappa shape index (κ2) is 10.5. The third-order valence-electron chi connectivity index (χ3n) is 5.84. The fourth-order valence-corrected chi connectivity index (χ4v) is 4.21. The third-order valence-corrected chi connectivity index (χ3v) is 5.84. The van der Waals surface area contributed by atoms with Gasteiger partial charge in [0.2, 0.25) is 0 Å². The topological polar surface area (TPSA) is 50.1 Å². The summed E-state index contributed by atoms with van der Waals surface area (Å²) >= 11 is 0. The minimum Gasteiger partial charge on any atom is -0.462 e. The summed E-state index contributed by atoms with van der Waals surface area (Å²) < 4.78 is 5.79. The summed E-state index contributed by atoms with van der Waals surface area (Å²) in [7, 11) is 0. The monoisotopic (exact) mass is 331 g/mol. The van der Waals surface area contributed by atoms with Gasteiger partial charge in [0.15, 0.2) is 0 Å². The van der Waals surface area contributed by atoms with Crippen molar-refractivity contribution in [3.63, 3.8) is 0 Å². The van der Waals surface area contributed by atoms with Gasteiger partial charge in [-0.3, -0.25) is 4.79 Å². The molecule has 0 unspecified atom stereocenters. The van der Waals surface area contributed by atoms with Gasteiger partial charge in [-0.15, -0.1) is 0 Å². The molecule has 3 heteroatoms. The highest BCUT2D eigenvalue weighted by Crippen LogP contribution is 2.34. The summed E-state index contributed by atoms with van der Waals surface area (Å²) in [6.07, 6.45) is 17.4. The van der Waals surface area contributed by atoms with E-state index in [1.807, 2.05) is 6.08 Å². The zero-order valence-electron chi connectivity index (χ0n) is 15.2. The molecule has 2 aliphatic rings. The van der Waals surface area contributed by atoms with Gasteiger partial charge in [0, 0.05) is 6.08 Å². The van der Waals surface area contributed by atoms with Crippen molar-refractivity contribution < 1.29 is 9.53 Å². The van der Waals surface area contributed by atoms with Gasteiger partial charge in [-0.25, -0.2) is 0 Å². The Labute approximate surface area is 147 Å². The average Bonchev–Trinajstić information content (AvgIpc) is 2.62. The summed E-state index contributed by atoms with van der Waals surface area (Å²) in [6, 6.07) is 2.05. The van der Waals surface area contributed by atoms with Crippen molar-refractivity contribution in [1.82, 2.24) is 0 Å². The second-order valence-electron chi connectivity index (χ2n) is 7.68. The second-order valence-corrected chi connectivity index (χ2v) is 7.68. The molecule has 0 aliphatic heterocycles. The molecular weight excluding hydrogens is 298 g/mol. The predicted octanol–water partition coefficient (Wildman–Crippen LogP) is 5.55. The van der Waals surface area contributed by atoms with Gasteiger partial charge in [0.05, 0.1) is 12.0 Å². The van der Waals surface area contributed by atoms with Crippen LogP contribution >= 0.6 is 0 Å². The van der Waals surface area contributed by atoms with Crippen LogP contribution in [0.5, 0.6) is 0 Å². The van der Waals surface area contributed by atoms with Crippen LogP contribution in [-0.2, 0) is 9.53 Å². The van der Waals surface area contributed by atoms with E-state index in [9.17, 15) is 4.79 Å². The van der Waals surface area contributed by atoms with Crippen molar-refractivity contribution in [3.8, 4) is 6.07 Å². The maximum Gasteiger partial charge on any atom is 0.309 e. The van der Waals surface area contributed by atoms with Crippen LogP contribution in [0.1, 0.15) is 84.0 Å². The summed E-state index contributed by atoms with van der Waals surface area (Å²) in [5.41, 5.74) is 0. The van der Waals surface area contributed by atoms with Crippen LogP contribution in [0.2, 0.25) is 0 Å². The predicted molar refractivity (Wildman–Crippen MR) is 96.2 cm³/mol. The van der Waals surface area contributed by atoms with E-state index < -0.39 is 0 Å². The van der Waals surface area contributed by atoms with Crippen LogP contribution in [0.15, 0.2) is 12.2 Å². The van der Waals surface area contributed by atoms with E-state index in [4.69, 9.17) is 10.00 Å². The highest BCUT2D eigenvalue weighted by Gasteiger charge is 2.30. The first-order valence-corrected chi connectivity index (χ1v) is 9.99. The molecule has 0 aromatic rings. The summed E-state index contributed by atoms with van der Waals surface area (Å²) in [4.78, 5) is 12.4. The molecule has 0 aromatic carbocycles. The third kappa shape index (κ3) is 6.30. The molecule has 2 rings (SSSR count). The molecule has 0 amide bonds. The smallest absolute Gasteiger partial charge is 0.309 e. The Hall–Kier alpha value is -1.30. The first kappa shape index (κ1) is 19.0. The number of rotatable bonds is 7. The normalized spacial score (nSPS) is 30.8. The largest absolute Gasteiger partial charge is 0.462 e. The highest BCUT2D eigenvalue weighted by atomic mass is 16.5. The molecule has 2 fully saturated rings. The molecule has 0 N–H and O–H groups in total. The number of nitriles is 1. The van der Waals surface area contributed by atoms with E-state index in [-0.39, 0.29) is 18.0 Å².